The monoisotopic (exact) mass is 575 g/mol. The maximum Gasteiger partial charge on any atom is 0.259 e. The van der Waals surface area contributed by atoms with E-state index in [2.05, 4.69) is 5.32 Å². The molecular formula is C30H29N3O5S2. The van der Waals surface area contributed by atoms with E-state index < -0.39 is 10.0 Å². The molecule has 4 aromatic rings. The lowest BCUT2D eigenvalue weighted by Gasteiger charge is -2.30. The SMILES string of the molecule is COc1ccc(CCN2C(=O)c3cccc4c(NC(=O)C5CCN(S(=O)(=O)c6cccs6)CC5)ccc2c34)cc1. The molecule has 10 heteroatoms. The predicted molar refractivity (Wildman–Crippen MR) is 157 cm³/mol. The Labute approximate surface area is 237 Å². The van der Waals surface area contributed by atoms with Gasteiger partial charge in [0.25, 0.3) is 15.9 Å². The van der Waals surface area contributed by atoms with E-state index in [0.29, 0.717) is 54.4 Å². The highest BCUT2D eigenvalue weighted by atomic mass is 32.2. The highest BCUT2D eigenvalue weighted by Gasteiger charge is 2.34. The molecule has 2 amide bonds. The minimum Gasteiger partial charge on any atom is -0.497 e. The molecule has 0 atom stereocenters. The molecule has 0 spiro atoms. The van der Waals surface area contributed by atoms with Gasteiger partial charge in [-0.2, -0.15) is 4.31 Å². The summed E-state index contributed by atoms with van der Waals surface area (Å²) in [6.45, 7) is 1.15. The van der Waals surface area contributed by atoms with Gasteiger partial charge in [0.2, 0.25) is 5.91 Å². The summed E-state index contributed by atoms with van der Waals surface area (Å²) < 4.78 is 32.7. The Balaban J connectivity index is 1.16. The summed E-state index contributed by atoms with van der Waals surface area (Å²) in [6, 6.07) is 20.5. The van der Waals surface area contributed by atoms with Crippen molar-refractivity contribution in [2.75, 3.05) is 37.0 Å². The van der Waals surface area contributed by atoms with E-state index in [9.17, 15) is 18.0 Å². The zero-order chi connectivity index (χ0) is 27.9. The summed E-state index contributed by atoms with van der Waals surface area (Å²) in [6.07, 6.45) is 1.61. The first kappa shape index (κ1) is 26.5. The number of piperidine rings is 1. The van der Waals surface area contributed by atoms with Gasteiger partial charge >= 0.3 is 0 Å². The van der Waals surface area contributed by atoms with Gasteiger partial charge in [0.05, 0.1) is 12.8 Å². The molecule has 2 aliphatic rings. The second-order valence-corrected chi connectivity index (χ2v) is 13.1. The maximum atomic E-state index is 13.3. The fourth-order valence-corrected chi connectivity index (χ4v) is 8.16. The molecule has 3 aromatic carbocycles. The highest BCUT2D eigenvalue weighted by molar-refractivity contribution is 7.91. The quantitative estimate of drug-likeness (QED) is 0.314. The number of rotatable bonds is 8. The number of carbonyl (C=O) groups excluding carboxylic acids is 2. The molecule has 0 unspecified atom stereocenters. The standard InChI is InChI=1S/C30H29N3O5S2/c1-38-22-9-7-20(8-10-22)13-18-33-26-12-11-25(23-4-2-5-24(28(23)26)30(33)35)31-29(34)21-14-16-32(17-15-21)40(36,37)27-6-3-19-39-27/h2-12,19,21H,13-18H2,1H3,(H,31,34). The van der Waals surface area contributed by atoms with Crippen LogP contribution in [0.1, 0.15) is 28.8 Å². The number of thiophene rings is 1. The molecule has 1 aromatic heterocycles. The van der Waals surface area contributed by atoms with Crippen molar-refractivity contribution in [2.24, 2.45) is 5.92 Å². The van der Waals surface area contributed by atoms with Crippen molar-refractivity contribution in [3.8, 4) is 5.75 Å². The number of nitrogens with zero attached hydrogens (tertiary/aromatic N) is 2. The van der Waals surface area contributed by atoms with Crippen molar-refractivity contribution >= 4 is 55.3 Å². The van der Waals surface area contributed by atoms with Gasteiger partial charge in [-0.15, -0.1) is 11.3 Å². The van der Waals surface area contributed by atoms with E-state index in [0.717, 1.165) is 27.8 Å². The lowest BCUT2D eigenvalue weighted by atomic mass is 9.96. The first-order valence-electron chi connectivity index (χ1n) is 13.2. The van der Waals surface area contributed by atoms with Crippen molar-refractivity contribution < 1.29 is 22.7 Å². The molecule has 0 aliphatic carbocycles. The lowest BCUT2D eigenvalue weighted by molar-refractivity contribution is -0.120. The van der Waals surface area contributed by atoms with Gasteiger partial charge < -0.3 is 15.0 Å². The summed E-state index contributed by atoms with van der Waals surface area (Å²) in [5, 5.41) is 6.48. The Morgan fingerprint density at radius 1 is 1.02 bits per heavy atom. The first-order valence-corrected chi connectivity index (χ1v) is 15.5. The fraction of sp³-hybridized carbons (Fsp3) is 0.267. The van der Waals surface area contributed by atoms with Crippen molar-refractivity contribution in [1.82, 2.24) is 4.31 Å². The molecule has 2 aliphatic heterocycles. The van der Waals surface area contributed by atoms with Gasteiger partial charge in [-0.05, 0) is 66.6 Å². The van der Waals surface area contributed by atoms with Gasteiger partial charge in [-0.25, -0.2) is 8.42 Å². The topological polar surface area (TPSA) is 96.0 Å². The van der Waals surface area contributed by atoms with Crippen molar-refractivity contribution in [2.45, 2.75) is 23.5 Å². The molecule has 8 nitrogen and oxygen atoms in total. The molecule has 0 saturated carbocycles. The number of methoxy groups -OCH3 is 1. The Kier molecular flexibility index (Phi) is 7.07. The molecule has 3 heterocycles. The summed E-state index contributed by atoms with van der Waals surface area (Å²) in [7, 11) is -1.88. The van der Waals surface area contributed by atoms with Gasteiger partial charge in [0, 0.05) is 47.6 Å². The average molecular weight is 576 g/mol. The van der Waals surface area contributed by atoms with E-state index in [1.807, 2.05) is 54.6 Å². The molecular weight excluding hydrogens is 546 g/mol. The van der Waals surface area contributed by atoms with Crippen LogP contribution in [-0.4, -0.2) is 51.3 Å². The summed E-state index contributed by atoms with van der Waals surface area (Å²) >= 11 is 1.20. The summed E-state index contributed by atoms with van der Waals surface area (Å²) in [5.74, 6) is 0.327. The third-order valence-electron chi connectivity index (χ3n) is 7.74. The van der Waals surface area contributed by atoms with Crippen LogP contribution in [0.4, 0.5) is 11.4 Å². The Morgan fingerprint density at radius 3 is 2.50 bits per heavy atom. The normalized spacial score (nSPS) is 16.0. The Morgan fingerprint density at radius 2 is 1.80 bits per heavy atom. The third kappa shape index (κ3) is 4.76. The number of sulfonamides is 1. The van der Waals surface area contributed by atoms with E-state index in [4.69, 9.17) is 4.74 Å². The molecule has 0 radical (unpaired) electrons. The number of benzene rings is 3. The zero-order valence-electron chi connectivity index (χ0n) is 22.0. The Hall–Kier alpha value is -3.73. The number of amides is 2. The minimum atomic E-state index is -3.52. The van der Waals surface area contributed by atoms with E-state index in [1.165, 1.54) is 15.6 Å². The van der Waals surface area contributed by atoms with Gasteiger partial charge in [-0.1, -0.05) is 30.3 Å². The van der Waals surface area contributed by atoms with Crippen molar-refractivity contribution in [3.05, 3.63) is 83.2 Å². The fourth-order valence-electron chi connectivity index (χ4n) is 5.54. The summed E-state index contributed by atoms with van der Waals surface area (Å²) in [4.78, 5) is 28.4. The highest BCUT2D eigenvalue weighted by Crippen LogP contribution is 2.41. The number of carbonyl (C=O) groups is 2. The Bertz CT molecular complexity index is 1680. The van der Waals surface area contributed by atoms with E-state index >= 15 is 0 Å². The smallest absolute Gasteiger partial charge is 0.259 e. The van der Waals surface area contributed by atoms with Crippen LogP contribution in [0.25, 0.3) is 10.8 Å². The average Bonchev–Trinajstić information content (AvgIpc) is 3.62. The van der Waals surface area contributed by atoms with Crippen LogP contribution < -0.4 is 15.0 Å². The number of hydrogen-bond acceptors (Lipinski definition) is 6. The van der Waals surface area contributed by atoms with E-state index in [-0.39, 0.29) is 17.7 Å². The van der Waals surface area contributed by atoms with Crippen LogP contribution in [0.2, 0.25) is 0 Å². The molecule has 40 heavy (non-hydrogen) atoms. The molecule has 1 N–H and O–H groups in total. The van der Waals surface area contributed by atoms with Gasteiger partial charge in [0.1, 0.15) is 9.96 Å². The van der Waals surface area contributed by atoms with Crippen LogP contribution in [0.5, 0.6) is 5.75 Å². The third-order valence-corrected chi connectivity index (χ3v) is 11.0. The number of nitrogens with one attached hydrogen (secondary N) is 1. The molecule has 1 fully saturated rings. The minimum absolute atomic E-state index is 0.0445. The molecule has 6 rings (SSSR count). The summed E-state index contributed by atoms with van der Waals surface area (Å²) in [5.41, 5.74) is 3.24. The van der Waals surface area contributed by atoms with Crippen LogP contribution >= 0.6 is 11.3 Å². The maximum absolute atomic E-state index is 13.3. The van der Waals surface area contributed by atoms with Crippen molar-refractivity contribution in [3.63, 3.8) is 0 Å². The van der Waals surface area contributed by atoms with Crippen LogP contribution in [0, 0.1) is 5.92 Å². The molecule has 0 bridgehead atoms. The van der Waals surface area contributed by atoms with Crippen LogP contribution in [0.15, 0.2) is 76.3 Å². The lowest BCUT2D eigenvalue weighted by Crippen LogP contribution is -2.41. The first-order chi connectivity index (χ1) is 19.4. The van der Waals surface area contributed by atoms with Crippen LogP contribution in [-0.2, 0) is 21.2 Å². The van der Waals surface area contributed by atoms with E-state index in [1.54, 1.807) is 29.5 Å². The number of ether oxygens (including phenoxy) is 1. The molecule has 1 saturated heterocycles. The molecule has 206 valence electrons. The second kappa shape index (κ2) is 10.7. The largest absolute Gasteiger partial charge is 0.497 e. The second-order valence-electron chi connectivity index (χ2n) is 10.0. The van der Waals surface area contributed by atoms with Gasteiger partial charge in [-0.3, -0.25) is 9.59 Å². The zero-order valence-corrected chi connectivity index (χ0v) is 23.6. The van der Waals surface area contributed by atoms with Crippen LogP contribution in [0.3, 0.4) is 0 Å². The predicted octanol–water partition coefficient (Wildman–Crippen LogP) is 5.15. The van der Waals surface area contributed by atoms with Crippen molar-refractivity contribution in [1.29, 1.82) is 0 Å². The number of hydrogen-bond donors (Lipinski definition) is 1. The van der Waals surface area contributed by atoms with Gasteiger partial charge in [0.15, 0.2) is 0 Å². The number of anilines is 2.